The summed E-state index contributed by atoms with van der Waals surface area (Å²) in [7, 11) is 1.95. The molecular formula is C15H28N2O2. The molecule has 0 aromatic carbocycles. The number of nitrogens with zero attached hydrogens (tertiary/aromatic N) is 2. The number of rotatable bonds is 4. The molecule has 0 spiro atoms. The van der Waals surface area contributed by atoms with Crippen LogP contribution >= 0.6 is 0 Å². The van der Waals surface area contributed by atoms with E-state index >= 15 is 0 Å². The Morgan fingerprint density at radius 3 is 2.58 bits per heavy atom. The van der Waals surface area contributed by atoms with Crippen LogP contribution in [0.5, 0.6) is 0 Å². The van der Waals surface area contributed by atoms with E-state index in [4.69, 9.17) is 0 Å². The van der Waals surface area contributed by atoms with Gasteiger partial charge < -0.3 is 10.0 Å². The van der Waals surface area contributed by atoms with Crippen molar-refractivity contribution in [2.45, 2.75) is 57.5 Å². The van der Waals surface area contributed by atoms with Crippen molar-refractivity contribution in [2.24, 2.45) is 5.92 Å². The normalized spacial score (nSPS) is 32.5. The zero-order valence-corrected chi connectivity index (χ0v) is 12.3. The molecule has 1 saturated heterocycles. The maximum absolute atomic E-state index is 12.3. The number of aliphatic hydroxyl groups is 1. The van der Waals surface area contributed by atoms with Gasteiger partial charge in [0.25, 0.3) is 0 Å². The molecule has 1 amide bonds. The lowest BCUT2D eigenvalue weighted by Crippen LogP contribution is -2.46. The molecule has 0 bridgehead atoms. The molecule has 19 heavy (non-hydrogen) atoms. The minimum atomic E-state index is 0.179. The summed E-state index contributed by atoms with van der Waals surface area (Å²) in [5.74, 6) is 1.04. The maximum Gasteiger partial charge on any atom is 0.236 e. The minimum Gasteiger partial charge on any atom is -0.395 e. The summed E-state index contributed by atoms with van der Waals surface area (Å²) in [6.45, 7) is 3.91. The maximum atomic E-state index is 12.3. The van der Waals surface area contributed by atoms with E-state index in [2.05, 4.69) is 11.8 Å². The van der Waals surface area contributed by atoms with E-state index in [0.29, 0.717) is 12.6 Å². The monoisotopic (exact) mass is 268 g/mol. The Labute approximate surface area is 116 Å². The van der Waals surface area contributed by atoms with Gasteiger partial charge in [0.15, 0.2) is 0 Å². The third kappa shape index (κ3) is 3.69. The second-order valence-electron chi connectivity index (χ2n) is 6.37. The van der Waals surface area contributed by atoms with Crippen LogP contribution in [0.3, 0.4) is 0 Å². The number of hydrogen-bond donors (Lipinski definition) is 1. The SMILES string of the molecule is CC1CCC(N(C)C(=O)CN2CCC[C@@H]2CO)CC1. The number of carbonyl (C=O) groups excluding carboxylic acids is 1. The average molecular weight is 268 g/mol. The van der Waals surface area contributed by atoms with Crippen LogP contribution in [0.1, 0.15) is 45.4 Å². The molecule has 2 fully saturated rings. The highest BCUT2D eigenvalue weighted by Crippen LogP contribution is 2.26. The van der Waals surface area contributed by atoms with E-state index in [0.717, 1.165) is 38.1 Å². The van der Waals surface area contributed by atoms with Gasteiger partial charge in [0, 0.05) is 19.1 Å². The standard InChI is InChI=1S/C15H28N2O2/c1-12-5-7-13(8-6-12)16(2)15(19)10-17-9-3-4-14(17)11-18/h12-14,18H,3-11H2,1-2H3/t12?,13?,14-/m1/s1. The van der Waals surface area contributed by atoms with E-state index in [1.54, 1.807) is 0 Å². The van der Waals surface area contributed by atoms with E-state index in [9.17, 15) is 9.90 Å². The molecular weight excluding hydrogens is 240 g/mol. The van der Waals surface area contributed by atoms with Crippen molar-refractivity contribution in [1.29, 1.82) is 0 Å². The van der Waals surface area contributed by atoms with Gasteiger partial charge in [-0.05, 0) is 51.0 Å². The molecule has 1 heterocycles. The number of aliphatic hydroxyl groups excluding tert-OH is 1. The van der Waals surface area contributed by atoms with E-state index in [1.165, 1.54) is 12.8 Å². The van der Waals surface area contributed by atoms with Gasteiger partial charge in [0.2, 0.25) is 5.91 Å². The summed E-state index contributed by atoms with van der Waals surface area (Å²) in [5, 5.41) is 9.30. The predicted octanol–water partition coefficient (Wildman–Crippen LogP) is 1.48. The van der Waals surface area contributed by atoms with Crippen LogP contribution in [0.25, 0.3) is 0 Å². The van der Waals surface area contributed by atoms with Gasteiger partial charge in [-0.15, -0.1) is 0 Å². The highest BCUT2D eigenvalue weighted by atomic mass is 16.3. The molecule has 0 aromatic rings. The van der Waals surface area contributed by atoms with E-state index < -0.39 is 0 Å². The molecule has 1 atom stereocenters. The summed E-state index contributed by atoms with van der Waals surface area (Å²) in [6.07, 6.45) is 6.90. The van der Waals surface area contributed by atoms with Crippen LogP contribution in [0.15, 0.2) is 0 Å². The number of likely N-dealkylation sites (N-methyl/N-ethyl adjacent to an activating group) is 1. The molecule has 0 radical (unpaired) electrons. The molecule has 0 aromatic heterocycles. The minimum absolute atomic E-state index is 0.179. The lowest BCUT2D eigenvalue weighted by atomic mass is 9.87. The van der Waals surface area contributed by atoms with Crippen molar-refractivity contribution < 1.29 is 9.90 Å². The van der Waals surface area contributed by atoms with Gasteiger partial charge in [-0.3, -0.25) is 9.69 Å². The highest BCUT2D eigenvalue weighted by molar-refractivity contribution is 5.78. The highest BCUT2D eigenvalue weighted by Gasteiger charge is 2.29. The molecule has 4 heteroatoms. The molecule has 1 aliphatic heterocycles. The first-order valence-electron chi connectivity index (χ1n) is 7.72. The van der Waals surface area contributed by atoms with Crippen LogP contribution in [0.2, 0.25) is 0 Å². The van der Waals surface area contributed by atoms with Crippen molar-refractivity contribution in [3.63, 3.8) is 0 Å². The number of hydrogen-bond acceptors (Lipinski definition) is 3. The first-order chi connectivity index (χ1) is 9.11. The second-order valence-corrected chi connectivity index (χ2v) is 6.37. The summed E-state index contributed by atoms with van der Waals surface area (Å²) >= 11 is 0. The smallest absolute Gasteiger partial charge is 0.236 e. The lowest BCUT2D eigenvalue weighted by molar-refractivity contribution is -0.134. The van der Waals surface area contributed by atoms with Crippen LogP contribution in [-0.4, -0.2) is 59.6 Å². The lowest BCUT2D eigenvalue weighted by Gasteiger charge is -2.35. The Morgan fingerprint density at radius 2 is 1.95 bits per heavy atom. The largest absolute Gasteiger partial charge is 0.395 e. The quantitative estimate of drug-likeness (QED) is 0.840. The molecule has 110 valence electrons. The summed E-state index contributed by atoms with van der Waals surface area (Å²) in [5.41, 5.74) is 0. The average Bonchev–Trinajstić information content (AvgIpc) is 2.86. The topological polar surface area (TPSA) is 43.8 Å². The zero-order valence-electron chi connectivity index (χ0n) is 12.3. The molecule has 1 saturated carbocycles. The zero-order chi connectivity index (χ0) is 13.8. The summed E-state index contributed by atoms with van der Waals surface area (Å²) < 4.78 is 0. The fourth-order valence-corrected chi connectivity index (χ4v) is 3.43. The van der Waals surface area contributed by atoms with Gasteiger partial charge in [-0.2, -0.15) is 0 Å². The van der Waals surface area contributed by atoms with Gasteiger partial charge in [-0.25, -0.2) is 0 Å². The summed E-state index contributed by atoms with van der Waals surface area (Å²) in [4.78, 5) is 16.4. The number of likely N-dealkylation sites (tertiary alicyclic amines) is 1. The number of carbonyl (C=O) groups is 1. The molecule has 2 rings (SSSR count). The first-order valence-corrected chi connectivity index (χ1v) is 7.72. The summed E-state index contributed by atoms with van der Waals surface area (Å²) in [6, 6.07) is 0.627. The Hall–Kier alpha value is -0.610. The Kier molecular flexibility index (Phi) is 5.22. The number of amides is 1. The van der Waals surface area contributed by atoms with Crippen LogP contribution in [-0.2, 0) is 4.79 Å². The molecule has 4 nitrogen and oxygen atoms in total. The van der Waals surface area contributed by atoms with Crippen molar-refractivity contribution >= 4 is 5.91 Å². The van der Waals surface area contributed by atoms with E-state index in [-0.39, 0.29) is 18.6 Å². The molecule has 1 N–H and O–H groups in total. The third-order valence-corrected chi connectivity index (χ3v) is 4.97. The van der Waals surface area contributed by atoms with Gasteiger partial charge in [0.05, 0.1) is 13.2 Å². The van der Waals surface area contributed by atoms with Crippen LogP contribution in [0.4, 0.5) is 0 Å². The Bertz CT molecular complexity index is 301. The van der Waals surface area contributed by atoms with Crippen molar-refractivity contribution in [3.8, 4) is 0 Å². The fourth-order valence-electron chi connectivity index (χ4n) is 3.43. The van der Waals surface area contributed by atoms with Crippen molar-refractivity contribution in [3.05, 3.63) is 0 Å². The molecule has 1 aliphatic carbocycles. The predicted molar refractivity (Wildman–Crippen MR) is 75.9 cm³/mol. The first kappa shape index (κ1) is 14.8. The Morgan fingerprint density at radius 1 is 1.26 bits per heavy atom. The van der Waals surface area contributed by atoms with Gasteiger partial charge in [-0.1, -0.05) is 6.92 Å². The van der Waals surface area contributed by atoms with Gasteiger partial charge >= 0.3 is 0 Å². The third-order valence-electron chi connectivity index (χ3n) is 4.97. The molecule has 2 aliphatic rings. The second kappa shape index (κ2) is 6.71. The van der Waals surface area contributed by atoms with E-state index in [1.807, 2.05) is 11.9 Å². The van der Waals surface area contributed by atoms with Gasteiger partial charge in [0.1, 0.15) is 0 Å². The molecule has 0 unspecified atom stereocenters. The van der Waals surface area contributed by atoms with Crippen LogP contribution < -0.4 is 0 Å². The van der Waals surface area contributed by atoms with Crippen molar-refractivity contribution in [1.82, 2.24) is 9.80 Å². The van der Waals surface area contributed by atoms with Crippen LogP contribution in [0, 0.1) is 5.92 Å². The van der Waals surface area contributed by atoms with Crippen molar-refractivity contribution in [2.75, 3.05) is 26.7 Å². The fraction of sp³-hybridized carbons (Fsp3) is 0.933. The Balaban J connectivity index is 1.82.